The monoisotopic (exact) mass is 266 g/mol. The van der Waals surface area contributed by atoms with Crippen LogP contribution in [-0.2, 0) is 9.59 Å². The summed E-state index contributed by atoms with van der Waals surface area (Å²) in [6.45, 7) is 2.76. The Labute approximate surface area is 114 Å². The van der Waals surface area contributed by atoms with Gasteiger partial charge in [-0.3, -0.25) is 9.59 Å². The van der Waals surface area contributed by atoms with Crippen molar-refractivity contribution in [2.75, 3.05) is 13.1 Å². The molecule has 0 aromatic carbocycles. The van der Waals surface area contributed by atoms with Gasteiger partial charge >= 0.3 is 5.97 Å². The summed E-state index contributed by atoms with van der Waals surface area (Å²) in [5, 5.41) is 9.46. The third-order valence-electron chi connectivity index (χ3n) is 3.73. The van der Waals surface area contributed by atoms with Gasteiger partial charge < -0.3 is 15.7 Å². The van der Waals surface area contributed by atoms with E-state index in [0.717, 1.165) is 6.42 Å². The molecule has 1 aliphatic rings. The molecule has 1 amide bonds. The van der Waals surface area contributed by atoms with Crippen molar-refractivity contribution >= 4 is 11.9 Å². The van der Waals surface area contributed by atoms with E-state index in [1.165, 1.54) is 0 Å². The maximum absolute atomic E-state index is 12.1. The second kappa shape index (κ2) is 6.58. The van der Waals surface area contributed by atoms with Crippen LogP contribution >= 0.6 is 0 Å². The van der Waals surface area contributed by atoms with E-state index in [4.69, 9.17) is 12.2 Å². The first-order valence-corrected chi connectivity index (χ1v) is 6.68. The summed E-state index contributed by atoms with van der Waals surface area (Å²) in [4.78, 5) is 25.2. The largest absolute Gasteiger partial charge is 0.481 e. The van der Waals surface area contributed by atoms with Crippen molar-refractivity contribution in [2.45, 2.75) is 45.1 Å². The molecule has 0 spiro atoms. The summed E-state index contributed by atoms with van der Waals surface area (Å²) in [6, 6.07) is -0.726. The van der Waals surface area contributed by atoms with Crippen molar-refractivity contribution in [1.82, 2.24) is 4.90 Å². The highest BCUT2D eigenvalue weighted by atomic mass is 16.4. The topological polar surface area (TPSA) is 83.6 Å². The number of piperidine rings is 1. The summed E-state index contributed by atoms with van der Waals surface area (Å²) >= 11 is 0. The molecule has 0 bridgehead atoms. The number of carboxylic acids is 1. The number of carbonyl (C=O) groups is 2. The van der Waals surface area contributed by atoms with Crippen LogP contribution in [0, 0.1) is 17.8 Å². The highest BCUT2D eigenvalue weighted by molar-refractivity contribution is 5.83. The lowest BCUT2D eigenvalue weighted by molar-refractivity contribution is -0.155. The molecule has 0 aromatic rings. The van der Waals surface area contributed by atoms with E-state index in [2.05, 4.69) is 5.92 Å². The summed E-state index contributed by atoms with van der Waals surface area (Å²) in [5.41, 5.74) is 4.90. The lowest BCUT2D eigenvalue weighted by Gasteiger charge is -2.40. The molecule has 2 atom stereocenters. The van der Waals surface area contributed by atoms with Crippen LogP contribution in [0.2, 0.25) is 0 Å². The zero-order valence-corrected chi connectivity index (χ0v) is 11.4. The van der Waals surface area contributed by atoms with Crippen LogP contribution in [0.25, 0.3) is 0 Å². The fourth-order valence-corrected chi connectivity index (χ4v) is 2.73. The molecule has 0 aromatic heterocycles. The first-order valence-electron chi connectivity index (χ1n) is 6.68. The number of rotatable bonds is 5. The lowest BCUT2D eigenvalue weighted by atomic mass is 9.76. The van der Waals surface area contributed by atoms with Gasteiger partial charge in [0.15, 0.2) is 0 Å². The van der Waals surface area contributed by atoms with Crippen molar-refractivity contribution in [1.29, 1.82) is 0 Å². The fraction of sp³-hybridized carbons (Fsp3) is 0.714. The Hall–Kier alpha value is -1.54. The number of hydrogen-bond donors (Lipinski definition) is 2. The highest BCUT2D eigenvalue weighted by Crippen LogP contribution is 2.35. The minimum absolute atomic E-state index is 0.184. The van der Waals surface area contributed by atoms with Crippen LogP contribution in [0.5, 0.6) is 0 Å². The van der Waals surface area contributed by atoms with Crippen molar-refractivity contribution in [3.05, 3.63) is 0 Å². The Morgan fingerprint density at radius 2 is 2.26 bits per heavy atom. The van der Waals surface area contributed by atoms with E-state index >= 15 is 0 Å². The van der Waals surface area contributed by atoms with Gasteiger partial charge in [0.25, 0.3) is 0 Å². The van der Waals surface area contributed by atoms with Crippen LogP contribution in [0.1, 0.15) is 39.0 Å². The number of nitrogens with two attached hydrogens (primary N) is 1. The molecule has 1 heterocycles. The first-order chi connectivity index (χ1) is 8.96. The summed E-state index contributed by atoms with van der Waals surface area (Å²) in [7, 11) is 0. The van der Waals surface area contributed by atoms with E-state index in [9.17, 15) is 14.7 Å². The Balaban J connectivity index is 2.80. The molecular formula is C14H22N2O3. The van der Waals surface area contributed by atoms with Crippen LogP contribution < -0.4 is 5.73 Å². The number of aliphatic carboxylic acids is 1. The molecule has 5 nitrogen and oxygen atoms in total. The molecule has 19 heavy (non-hydrogen) atoms. The molecule has 0 radical (unpaired) electrons. The third kappa shape index (κ3) is 3.48. The first kappa shape index (κ1) is 15.5. The molecule has 3 N–H and O–H groups in total. The lowest BCUT2D eigenvalue weighted by Crippen LogP contribution is -2.53. The predicted molar refractivity (Wildman–Crippen MR) is 72.2 cm³/mol. The molecular weight excluding hydrogens is 244 g/mol. The molecule has 1 aliphatic heterocycles. The summed E-state index contributed by atoms with van der Waals surface area (Å²) < 4.78 is 0. The smallest absolute Gasteiger partial charge is 0.311 e. The Morgan fingerprint density at radius 3 is 2.79 bits per heavy atom. The molecule has 5 heteroatoms. The maximum atomic E-state index is 12.1. The molecule has 106 valence electrons. The van der Waals surface area contributed by atoms with E-state index < -0.39 is 17.4 Å². The third-order valence-corrected chi connectivity index (χ3v) is 3.73. The minimum atomic E-state index is -0.822. The average molecular weight is 266 g/mol. The van der Waals surface area contributed by atoms with Gasteiger partial charge in [0.2, 0.25) is 5.91 Å². The van der Waals surface area contributed by atoms with E-state index in [0.29, 0.717) is 25.8 Å². The minimum Gasteiger partial charge on any atom is -0.481 e. The molecule has 1 fully saturated rings. The van der Waals surface area contributed by atoms with Crippen LogP contribution in [0.4, 0.5) is 0 Å². The second-order valence-electron chi connectivity index (χ2n) is 5.21. The molecule has 1 rings (SSSR count). The van der Waals surface area contributed by atoms with E-state index in [-0.39, 0.29) is 18.9 Å². The Bertz CT molecular complexity index is 385. The maximum Gasteiger partial charge on any atom is 0.311 e. The van der Waals surface area contributed by atoms with Crippen LogP contribution in [0.3, 0.4) is 0 Å². The van der Waals surface area contributed by atoms with E-state index in [1.54, 1.807) is 4.90 Å². The molecule has 0 saturated carbocycles. The summed E-state index contributed by atoms with van der Waals surface area (Å²) in [5.74, 6) is 1.31. The van der Waals surface area contributed by atoms with Gasteiger partial charge in [-0.25, -0.2) is 0 Å². The predicted octanol–water partition coefficient (Wildman–Crippen LogP) is 0.830. The van der Waals surface area contributed by atoms with Gasteiger partial charge in [0, 0.05) is 19.5 Å². The van der Waals surface area contributed by atoms with Gasteiger partial charge in [-0.15, -0.1) is 12.3 Å². The number of nitrogens with zero attached hydrogens (tertiary/aromatic N) is 1. The van der Waals surface area contributed by atoms with Crippen molar-refractivity contribution in [3.63, 3.8) is 0 Å². The SMILES string of the molecule is C#CCC(N)C(=O)N1CCCC(CCC)(C(=O)O)C1. The Kier molecular flexibility index (Phi) is 5.37. The zero-order chi connectivity index (χ0) is 14.5. The number of hydrogen-bond acceptors (Lipinski definition) is 3. The summed E-state index contributed by atoms with van der Waals surface area (Å²) in [6.07, 6.45) is 8.01. The van der Waals surface area contributed by atoms with E-state index in [1.807, 2.05) is 6.92 Å². The van der Waals surface area contributed by atoms with Crippen molar-refractivity contribution < 1.29 is 14.7 Å². The molecule has 2 unspecified atom stereocenters. The van der Waals surface area contributed by atoms with Crippen molar-refractivity contribution in [2.24, 2.45) is 11.1 Å². The van der Waals surface area contributed by atoms with Gasteiger partial charge in [0.05, 0.1) is 11.5 Å². The number of carbonyl (C=O) groups excluding carboxylic acids is 1. The standard InChI is InChI=1S/C14H22N2O3/c1-3-6-11(15)12(17)16-9-5-8-14(10-16,7-4-2)13(18)19/h1,11H,4-10,15H2,2H3,(H,18,19). The number of terminal acetylenes is 1. The molecule has 1 saturated heterocycles. The Morgan fingerprint density at radius 1 is 1.58 bits per heavy atom. The zero-order valence-electron chi connectivity index (χ0n) is 11.4. The highest BCUT2D eigenvalue weighted by Gasteiger charge is 2.43. The normalized spacial score (nSPS) is 24.6. The quantitative estimate of drug-likeness (QED) is 0.722. The fourth-order valence-electron chi connectivity index (χ4n) is 2.73. The van der Waals surface area contributed by atoms with Gasteiger partial charge in [-0.1, -0.05) is 13.3 Å². The molecule has 0 aliphatic carbocycles. The van der Waals surface area contributed by atoms with Gasteiger partial charge in [0.1, 0.15) is 0 Å². The number of carboxylic acid groups (broad SMARTS) is 1. The average Bonchev–Trinajstić information content (AvgIpc) is 2.38. The second-order valence-corrected chi connectivity index (χ2v) is 5.21. The van der Waals surface area contributed by atoms with Crippen LogP contribution in [0.15, 0.2) is 0 Å². The van der Waals surface area contributed by atoms with Gasteiger partial charge in [-0.2, -0.15) is 0 Å². The number of amides is 1. The van der Waals surface area contributed by atoms with Crippen LogP contribution in [-0.4, -0.2) is 41.0 Å². The van der Waals surface area contributed by atoms with Gasteiger partial charge in [-0.05, 0) is 19.3 Å². The number of likely N-dealkylation sites (tertiary alicyclic amines) is 1. The van der Waals surface area contributed by atoms with Crippen molar-refractivity contribution in [3.8, 4) is 12.3 Å².